The highest BCUT2D eigenvalue weighted by Gasteiger charge is 2.32. The van der Waals surface area contributed by atoms with Crippen LogP contribution in [0.2, 0.25) is 0 Å². The maximum atomic E-state index is 11.9. The second-order valence-corrected chi connectivity index (χ2v) is 5.00. The molecule has 2 nitrogen and oxygen atoms in total. The summed E-state index contributed by atoms with van der Waals surface area (Å²) in [5.41, 5.74) is 1.21. The van der Waals surface area contributed by atoms with E-state index in [2.05, 4.69) is 35.0 Å². The summed E-state index contributed by atoms with van der Waals surface area (Å²) in [6.45, 7) is 2.98. The molecule has 1 aliphatic rings. The fourth-order valence-corrected chi connectivity index (χ4v) is 2.63. The third-order valence-corrected chi connectivity index (χ3v) is 4.12. The van der Waals surface area contributed by atoms with Crippen molar-refractivity contribution in [3.05, 3.63) is 35.9 Å². The fourth-order valence-electron chi connectivity index (χ4n) is 2.20. The summed E-state index contributed by atoms with van der Waals surface area (Å²) < 4.78 is 0. The first kappa shape index (κ1) is 11.6. The molecule has 1 heterocycles. The van der Waals surface area contributed by atoms with Gasteiger partial charge in [0.05, 0.1) is 6.04 Å². The molecule has 2 unspecified atom stereocenters. The van der Waals surface area contributed by atoms with Crippen molar-refractivity contribution in [2.45, 2.75) is 19.4 Å². The number of benzene rings is 1. The van der Waals surface area contributed by atoms with Crippen LogP contribution in [0.15, 0.2) is 30.3 Å². The fraction of sp³-hybridized carbons (Fsp3) is 0.462. The molecular formula is C13H16BrNO. The molecule has 3 heteroatoms. The van der Waals surface area contributed by atoms with Gasteiger partial charge in [-0.15, -0.1) is 0 Å². The highest BCUT2D eigenvalue weighted by atomic mass is 79.9. The Balaban J connectivity index is 2.11. The second kappa shape index (κ2) is 5.00. The number of carbonyl (C=O) groups is 1. The van der Waals surface area contributed by atoms with Gasteiger partial charge in [-0.05, 0) is 18.4 Å². The van der Waals surface area contributed by atoms with E-state index in [0.29, 0.717) is 12.3 Å². The monoisotopic (exact) mass is 281 g/mol. The third kappa shape index (κ3) is 2.29. The Morgan fingerprint density at radius 3 is 2.69 bits per heavy atom. The molecule has 0 aliphatic carbocycles. The van der Waals surface area contributed by atoms with Crippen LogP contribution in [0, 0.1) is 5.92 Å². The molecule has 86 valence electrons. The van der Waals surface area contributed by atoms with Crippen LogP contribution in [0.3, 0.4) is 0 Å². The topological polar surface area (TPSA) is 20.3 Å². The Labute approximate surface area is 105 Å². The molecule has 0 spiro atoms. The Hall–Kier alpha value is -0.830. The lowest BCUT2D eigenvalue weighted by molar-refractivity contribution is -0.129. The van der Waals surface area contributed by atoms with Gasteiger partial charge in [0.15, 0.2) is 0 Å². The summed E-state index contributed by atoms with van der Waals surface area (Å²) in [7, 11) is 0. The predicted molar refractivity (Wildman–Crippen MR) is 68.5 cm³/mol. The first-order valence-corrected chi connectivity index (χ1v) is 6.75. The van der Waals surface area contributed by atoms with Crippen LogP contribution in [0.4, 0.5) is 0 Å². The van der Waals surface area contributed by atoms with Gasteiger partial charge in [0, 0.05) is 18.3 Å². The van der Waals surface area contributed by atoms with E-state index in [1.54, 1.807) is 0 Å². The molecule has 1 aliphatic heterocycles. The van der Waals surface area contributed by atoms with Gasteiger partial charge in [-0.25, -0.2) is 0 Å². The molecule has 1 aromatic carbocycles. The van der Waals surface area contributed by atoms with Gasteiger partial charge in [0.25, 0.3) is 0 Å². The first-order chi connectivity index (χ1) is 7.72. The van der Waals surface area contributed by atoms with Crippen molar-refractivity contribution >= 4 is 21.8 Å². The van der Waals surface area contributed by atoms with Crippen molar-refractivity contribution in [1.29, 1.82) is 0 Å². The number of hydrogen-bond donors (Lipinski definition) is 0. The minimum absolute atomic E-state index is 0.192. The first-order valence-electron chi connectivity index (χ1n) is 5.62. The quantitative estimate of drug-likeness (QED) is 0.780. The van der Waals surface area contributed by atoms with E-state index in [-0.39, 0.29) is 11.9 Å². The maximum absolute atomic E-state index is 11.9. The second-order valence-electron chi connectivity index (χ2n) is 4.36. The zero-order chi connectivity index (χ0) is 11.5. The Kier molecular flexibility index (Phi) is 3.64. The number of rotatable bonds is 3. The van der Waals surface area contributed by atoms with Crippen LogP contribution in [0.25, 0.3) is 0 Å². The Morgan fingerprint density at radius 2 is 2.12 bits per heavy atom. The van der Waals surface area contributed by atoms with E-state index in [4.69, 9.17) is 0 Å². The van der Waals surface area contributed by atoms with Gasteiger partial charge >= 0.3 is 0 Å². The summed E-state index contributed by atoms with van der Waals surface area (Å²) in [4.78, 5) is 13.9. The van der Waals surface area contributed by atoms with Gasteiger partial charge in [0.1, 0.15) is 0 Å². The third-order valence-electron chi connectivity index (χ3n) is 3.21. The Morgan fingerprint density at radius 1 is 1.44 bits per heavy atom. The molecular weight excluding hydrogens is 266 g/mol. The van der Waals surface area contributed by atoms with Crippen LogP contribution < -0.4 is 0 Å². The number of likely N-dealkylation sites (tertiary alicyclic amines) is 1. The molecule has 2 atom stereocenters. The van der Waals surface area contributed by atoms with E-state index >= 15 is 0 Å². The lowest BCUT2D eigenvalue weighted by Crippen LogP contribution is -2.28. The Bertz CT molecular complexity index is 365. The van der Waals surface area contributed by atoms with Crippen molar-refractivity contribution in [1.82, 2.24) is 4.90 Å². The van der Waals surface area contributed by atoms with E-state index < -0.39 is 0 Å². The molecule has 0 aromatic heterocycles. The van der Waals surface area contributed by atoms with E-state index in [0.717, 1.165) is 11.9 Å². The lowest BCUT2D eigenvalue weighted by Gasteiger charge is -2.25. The van der Waals surface area contributed by atoms with Crippen molar-refractivity contribution in [2.24, 2.45) is 5.92 Å². The molecule has 0 N–H and O–H groups in total. The number of amides is 1. The smallest absolute Gasteiger partial charge is 0.223 e. The van der Waals surface area contributed by atoms with Crippen LogP contribution >= 0.6 is 15.9 Å². The molecule has 0 radical (unpaired) electrons. The van der Waals surface area contributed by atoms with Gasteiger partial charge in [0.2, 0.25) is 5.91 Å². The van der Waals surface area contributed by atoms with Crippen LogP contribution in [0.1, 0.15) is 24.9 Å². The summed E-state index contributed by atoms with van der Waals surface area (Å²) in [6.07, 6.45) is 0.683. The SMILES string of the molecule is CC(c1ccccc1)N1CC(CBr)CC1=O. The zero-order valence-electron chi connectivity index (χ0n) is 9.40. The summed E-state index contributed by atoms with van der Waals surface area (Å²) >= 11 is 3.46. The van der Waals surface area contributed by atoms with E-state index in [1.807, 2.05) is 23.1 Å². The standard InChI is InChI=1S/C13H16BrNO/c1-10(12-5-3-2-4-6-12)15-9-11(8-14)7-13(15)16/h2-6,10-11H,7-9H2,1H3. The van der Waals surface area contributed by atoms with Gasteiger partial charge in [-0.2, -0.15) is 0 Å². The van der Waals surface area contributed by atoms with Crippen molar-refractivity contribution in [3.8, 4) is 0 Å². The van der Waals surface area contributed by atoms with Crippen LogP contribution in [-0.2, 0) is 4.79 Å². The molecule has 1 fully saturated rings. The largest absolute Gasteiger partial charge is 0.336 e. The van der Waals surface area contributed by atoms with Gasteiger partial charge in [-0.1, -0.05) is 46.3 Å². The summed E-state index contributed by atoms with van der Waals surface area (Å²) in [5, 5.41) is 0.913. The number of carbonyl (C=O) groups excluding carboxylic acids is 1. The molecule has 1 aromatic rings. The lowest BCUT2D eigenvalue weighted by atomic mass is 10.1. The van der Waals surface area contributed by atoms with E-state index in [9.17, 15) is 4.79 Å². The molecule has 16 heavy (non-hydrogen) atoms. The molecule has 0 saturated carbocycles. The minimum Gasteiger partial charge on any atom is -0.336 e. The molecule has 2 rings (SSSR count). The number of hydrogen-bond acceptors (Lipinski definition) is 1. The molecule has 0 bridgehead atoms. The van der Waals surface area contributed by atoms with Crippen molar-refractivity contribution in [2.75, 3.05) is 11.9 Å². The maximum Gasteiger partial charge on any atom is 0.223 e. The summed E-state index contributed by atoms with van der Waals surface area (Å²) in [5.74, 6) is 0.750. The highest BCUT2D eigenvalue weighted by Crippen LogP contribution is 2.28. The predicted octanol–water partition coefficient (Wildman–Crippen LogP) is 2.99. The van der Waals surface area contributed by atoms with Crippen LogP contribution in [0.5, 0.6) is 0 Å². The summed E-state index contributed by atoms with van der Waals surface area (Å²) in [6, 6.07) is 10.4. The van der Waals surface area contributed by atoms with Gasteiger partial charge < -0.3 is 4.90 Å². The molecule has 1 amide bonds. The average Bonchev–Trinajstić information content (AvgIpc) is 2.71. The number of alkyl halides is 1. The normalized spacial score (nSPS) is 22.5. The number of nitrogens with zero attached hydrogens (tertiary/aromatic N) is 1. The van der Waals surface area contributed by atoms with Crippen molar-refractivity contribution < 1.29 is 4.79 Å². The average molecular weight is 282 g/mol. The van der Waals surface area contributed by atoms with E-state index in [1.165, 1.54) is 5.56 Å². The number of halogens is 1. The highest BCUT2D eigenvalue weighted by molar-refractivity contribution is 9.09. The van der Waals surface area contributed by atoms with Gasteiger partial charge in [-0.3, -0.25) is 4.79 Å². The minimum atomic E-state index is 0.192. The molecule has 1 saturated heterocycles. The zero-order valence-corrected chi connectivity index (χ0v) is 11.0. The van der Waals surface area contributed by atoms with Crippen LogP contribution in [-0.4, -0.2) is 22.7 Å². The van der Waals surface area contributed by atoms with Crippen molar-refractivity contribution in [3.63, 3.8) is 0 Å².